The number of hydrogen-bond donors (Lipinski definition) is 1. The zero-order valence-corrected chi connectivity index (χ0v) is 18.3. The second-order valence-corrected chi connectivity index (χ2v) is 8.07. The van der Waals surface area contributed by atoms with E-state index in [2.05, 4.69) is 24.3 Å². The molecule has 3 heteroatoms. The summed E-state index contributed by atoms with van der Waals surface area (Å²) in [5, 5.41) is 10.2. The first-order valence-corrected chi connectivity index (χ1v) is 10.7. The molecule has 3 aromatic rings. The van der Waals surface area contributed by atoms with Crippen molar-refractivity contribution in [2.24, 2.45) is 0 Å². The monoisotopic (exact) mass is 404 g/mol. The summed E-state index contributed by atoms with van der Waals surface area (Å²) in [5.74, 6) is 1.65. The molecule has 0 aliphatic carbocycles. The van der Waals surface area contributed by atoms with E-state index in [1.54, 1.807) is 0 Å². The Morgan fingerprint density at radius 2 is 1.10 bits per heavy atom. The molecule has 3 rings (SSSR count). The maximum atomic E-state index is 10.2. The van der Waals surface area contributed by atoms with Gasteiger partial charge in [0.15, 0.2) is 0 Å². The maximum Gasteiger partial charge on any atom is 0.124 e. The van der Waals surface area contributed by atoms with Crippen LogP contribution in [-0.4, -0.2) is 23.9 Å². The first-order chi connectivity index (χ1) is 14.5. The standard InChI is InChI=1S/C27H32O3/c1-20(2)29-25-16-10-8-14-23(25)27(18-19-28,22-12-6-5-7-13-22)24-15-9-11-17-26(24)30-21(3)4/h5-17,20-21,28H,18-19H2,1-4H3. The SMILES string of the molecule is CC(C)Oc1ccccc1C(CCO)(c1ccccc1)c1ccccc1OC(C)C. The topological polar surface area (TPSA) is 38.7 Å². The van der Waals surface area contributed by atoms with Crippen LogP contribution >= 0.6 is 0 Å². The van der Waals surface area contributed by atoms with Crippen molar-refractivity contribution < 1.29 is 14.6 Å². The first-order valence-electron chi connectivity index (χ1n) is 10.7. The molecule has 0 atom stereocenters. The zero-order valence-electron chi connectivity index (χ0n) is 18.3. The molecule has 0 amide bonds. The number of ether oxygens (including phenoxy) is 2. The quantitative estimate of drug-likeness (QED) is 0.446. The van der Waals surface area contributed by atoms with Crippen LogP contribution in [0.3, 0.4) is 0 Å². The van der Waals surface area contributed by atoms with Crippen molar-refractivity contribution in [3.05, 3.63) is 95.6 Å². The van der Waals surface area contributed by atoms with Gasteiger partial charge in [0.25, 0.3) is 0 Å². The van der Waals surface area contributed by atoms with E-state index in [0.717, 1.165) is 28.2 Å². The Morgan fingerprint density at radius 3 is 1.53 bits per heavy atom. The van der Waals surface area contributed by atoms with Crippen LogP contribution in [0.2, 0.25) is 0 Å². The first kappa shape index (κ1) is 21.9. The predicted molar refractivity (Wildman–Crippen MR) is 122 cm³/mol. The highest BCUT2D eigenvalue weighted by molar-refractivity contribution is 5.59. The average molecular weight is 405 g/mol. The van der Waals surface area contributed by atoms with Crippen LogP contribution in [0.4, 0.5) is 0 Å². The van der Waals surface area contributed by atoms with Gasteiger partial charge in [-0.3, -0.25) is 0 Å². The average Bonchev–Trinajstić information content (AvgIpc) is 2.73. The largest absolute Gasteiger partial charge is 0.491 e. The smallest absolute Gasteiger partial charge is 0.124 e. The van der Waals surface area contributed by atoms with Gasteiger partial charge in [-0.05, 0) is 51.8 Å². The van der Waals surface area contributed by atoms with Gasteiger partial charge in [0.1, 0.15) is 11.5 Å². The molecule has 158 valence electrons. The number of hydrogen-bond acceptors (Lipinski definition) is 3. The summed E-state index contributed by atoms with van der Waals surface area (Å²) in [6, 6.07) is 26.6. The molecule has 0 radical (unpaired) electrons. The lowest BCUT2D eigenvalue weighted by atomic mass is 9.66. The number of aliphatic hydroxyl groups excluding tert-OH is 1. The molecule has 0 heterocycles. The highest BCUT2D eigenvalue weighted by Crippen LogP contribution is 2.49. The van der Waals surface area contributed by atoms with E-state index >= 15 is 0 Å². The van der Waals surface area contributed by atoms with E-state index in [-0.39, 0.29) is 18.8 Å². The van der Waals surface area contributed by atoms with Crippen LogP contribution in [0.5, 0.6) is 11.5 Å². The molecule has 0 saturated carbocycles. The van der Waals surface area contributed by atoms with E-state index in [0.29, 0.717) is 6.42 Å². The molecule has 0 saturated heterocycles. The fourth-order valence-electron chi connectivity index (χ4n) is 4.11. The Kier molecular flexibility index (Phi) is 7.17. The Morgan fingerprint density at radius 1 is 0.667 bits per heavy atom. The minimum absolute atomic E-state index is 0.0287. The van der Waals surface area contributed by atoms with Crippen molar-refractivity contribution in [1.82, 2.24) is 0 Å². The maximum absolute atomic E-state index is 10.2. The zero-order chi connectivity index (χ0) is 21.6. The molecule has 0 spiro atoms. The van der Waals surface area contributed by atoms with Gasteiger partial charge < -0.3 is 14.6 Å². The van der Waals surface area contributed by atoms with Gasteiger partial charge in [-0.25, -0.2) is 0 Å². The van der Waals surface area contributed by atoms with Gasteiger partial charge in [0, 0.05) is 17.7 Å². The highest BCUT2D eigenvalue weighted by Gasteiger charge is 2.40. The Bertz CT molecular complexity index is 878. The summed E-state index contributed by atoms with van der Waals surface area (Å²) in [6.07, 6.45) is 0.584. The summed E-state index contributed by atoms with van der Waals surface area (Å²) in [5.41, 5.74) is 2.53. The van der Waals surface area contributed by atoms with Crippen molar-refractivity contribution in [2.45, 2.75) is 51.7 Å². The highest BCUT2D eigenvalue weighted by atomic mass is 16.5. The molecule has 0 unspecified atom stereocenters. The summed E-state index contributed by atoms with van der Waals surface area (Å²) >= 11 is 0. The van der Waals surface area contributed by atoms with E-state index in [9.17, 15) is 5.11 Å². The third-order valence-corrected chi connectivity index (χ3v) is 5.17. The van der Waals surface area contributed by atoms with Crippen molar-refractivity contribution >= 4 is 0 Å². The molecular weight excluding hydrogens is 372 g/mol. The lowest BCUT2D eigenvalue weighted by molar-refractivity contribution is 0.223. The number of benzene rings is 3. The van der Waals surface area contributed by atoms with Crippen LogP contribution < -0.4 is 9.47 Å². The van der Waals surface area contributed by atoms with Crippen molar-refractivity contribution in [1.29, 1.82) is 0 Å². The number of para-hydroxylation sites is 2. The summed E-state index contributed by atoms with van der Waals surface area (Å²) < 4.78 is 12.5. The third kappa shape index (κ3) is 4.52. The predicted octanol–water partition coefficient (Wildman–Crippen LogP) is 5.98. The van der Waals surface area contributed by atoms with Crippen LogP contribution in [0.25, 0.3) is 0 Å². The van der Waals surface area contributed by atoms with Gasteiger partial charge in [0.2, 0.25) is 0 Å². The van der Waals surface area contributed by atoms with Crippen LogP contribution in [0.1, 0.15) is 50.8 Å². The second-order valence-electron chi connectivity index (χ2n) is 8.07. The van der Waals surface area contributed by atoms with Gasteiger partial charge in [-0.2, -0.15) is 0 Å². The molecular formula is C27H32O3. The molecule has 3 aromatic carbocycles. The van der Waals surface area contributed by atoms with E-state index in [1.165, 1.54) is 0 Å². The molecule has 0 fully saturated rings. The summed E-state index contributed by atoms with van der Waals surface area (Å²) in [4.78, 5) is 0. The minimum atomic E-state index is -0.618. The van der Waals surface area contributed by atoms with Gasteiger partial charge in [-0.15, -0.1) is 0 Å². The summed E-state index contributed by atoms with van der Waals surface area (Å²) in [7, 11) is 0. The van der Waals surface area contributed by atoms with Crippen LogP contribution in [0.15, 0.2) is 78.9 Å². The van der Waals surface area contributed by atoms with Crippen LogP contribution in [-0.2, 0) is 5.41 Å². The van der Waals surface area contributed by atoms with E-state index in [4.69, 9.17) is 9.47 Å². The fourth-order valence-corrected chi connectivity index (χ4v) is 4.11. The molecule has 0 aromatic heterocycles. The van der Waals surface area contributed by atoms with Crippen LogP contribution in [0, 0.1) is 0 Å². The third-order valence-electron chi connectivity index (χ3n) is 5.17. The van der Waals surface area contributed by atoms with E-state index < -0.39 is 5.41 Å². The Labute approximate surface area is 180 Å². The summed E-state index contributed by atoms with van der Waals surface area (Å²) in [6.45, 7) is 8.15. The fraction of sp³-hybridized carbons (Fsp3) is 0.333. The lowest BCUT2D eigenvalue weighted by Crippen LogP contribution is -2.32. The lowest BCUT2D eigenvalue weighted by Gasteiger charge is -2.38. The van der Waals surface area contributed by atoms with Crippen molar-refractivity contribution in [3.63, 3.8) is 0 Å². The van der Waals surface area contributed by atoms with Gasteiger partial charge in [-0.1, -0.05) is 66.7 Å². The second kappa shape index (κ2) is 9.82. The van der Waals surface area contributed by atoms with Gasteiger partial charge >= 0.3 is 0 Å². The molecule has 0 bridgehead atoms. The molecule has 0 aliphatic heterocycles. The molecule has 0 aliphatic rings. The van der Waals surface area contributed by atoms with Crippen molar-refractivity contribution in [2.75, 3.05) is 6.61 Å². The number of aliphatic hydroxyl groups is 1. The molecule has 30 heavy (non-hydrogen) atoms. The van der Waals surface area contributed by atoms with Crippen molar-refractivity contribution in [3.8, 4) is 11.5 Å². The van der Waals surface area contributed by atoms with Gasteiger partial charge in [0.05, 0.1) is 17.6 Å². The molecule has 1 N–H and O–H groups in total. The molecule has 3 nitrogen and oxygen atoms in total. The number of rotatable bonds is 9. The minimum Gasteiger partial charge on any atom is -0.491 e. The Hall–Kier alpha value is -2.78. The normalized spacial score (nSPS) is 11.7. The van der Waals surface area contributed by atoms with E-state index in [1.807, 2.05) is 82.3 Å². The Balaban J connectivity index is 2.37.